The third-order valence-corrected chi connectivity index (χ3v) is 3.98. The van der Waals surface area contributed by atoms with Gasteiger partial charge in [-0.3, -0.25) is 9.09 Å². The molecule has 21 heavy (non-hydrogen) atoms. The van der Waals surface area contributed by atoms with Crippen LogP contribution in [0.4, 0.5) is 0 Å². The van der Waals surface area contributed by atoms with Gasteiger partial charge in [-0.1, -0.05) is 18.2 Å². The van der Waals surface area contributed by atoms with Gasteiger partial charge in [-0.15, -0.1) is 0 Å². The van der Waals surface area contributed by atoms with Crippen LogP contribution in [0, 0.1) is 0 Å². The quantitative estimate of drug-likeness (QED) is 0.480. The van der Waals surface area contributed by atoms with Crippen LogP contribution in [0.25, 0.3) is 10.9 Å². The lowest BCUT2D eigenvalue weighted by molar-refractivity contribution is -0.906. The number of hydrogen-bond donors (Lipinski definition) is 1. The van der Waals surface area contributed by atoms with Gasteiger partial charge in [0.1, 0.15) is 0 Å². The zero-order valence-corrected chi connectivity index (χ0v) is 12.4. The topological polar surface area (TPSA) is 74.4 Å². The van der Waals surface area contributed by atoms with Gasteiger partial charge < -0.3 is 18.9 Å². The van der Waals surface area contributed by atoms with E-state index in [0.29, 0.717) is 0 Å². The highest BCUT2D eigenvalue weighted by atomic mass is 31.2. The average molecular weight is 318 g/mol. The fraction of sp³-hybridized carbons (Fsp3) is 0.429. The van der Waals surface area contributed by atoms with Gasteiger partial charge in [0.2, 0.25) is 0 Å². The predicted molar refractivity (Wildman–Crippen MR) is 79.5 cm³/mol. The predicted octanol–water partition coefficient (Wildman–Crippen LogP) is 1.88. The van der Waals surface area contributed by atoms with Crippen molar-refractivity contribution in [3.8, 4) is 0 Å². The van der Waals surface area contributed by atoms with Crippen LogP contribution in [-0.4, -0.2) is 43.8 Å². The van der Waals surface area contributed by atoms with Crippen molar-refractivity contribution in [2.75, 3.05) is 34.3 Å². The molecule has 0 amide bonds. The minimum Gasteiger partial charge on any atom is -0.756 e. The number of aromatic nitrogens is 1. The molecule has 2 aromatic rings. The number of phosphoric ester groups is 1. The minimum atomic E-state index is -4.80. The number of quaternary nitrogens is 1. The summed E-state index contributed by atoms with van der Waals surface area (Å²) in [5, 5.41) is 0.832. The second kappa shape index (κ2) is 6.30. The molecule has 0 saturated heterocycles. The molecular weight excluding hydrogens is 291 g/mol. The number of benzene rings is 1. The van der Waals surface area contributed by atoms with Gasteiger partial charge in [0.15, 0.2) is 6.73 Å². The van der Waals surface area contributed by atoms with E-state index in [2.05, 4.69) is 14.0 Å². The zero-order chi connectivity index (χ0) is 20.5. The van der Waals surface area contributed by atoms with Crippen LogP contribution < -0.4 is 4.89 Å². The molecule has 116 valence electrons. The van der Waals surface area contributed by atoms with Crippen LogP contribution in [0.15, 0.2) is 30.5 Å². The first-order valence-electron chi connectivity index (χ1n) is 9.27. The fourth-order valence-corrected chi connectivity index (χ4v) is 2.38. The standard InChI is InChI=1S/C14H21N2O4P/c1-16(2,11-20-21(17,18)19-3)9-8-12-10-15-14-7-5-4-6-13(12)14/h4-7,10,15H,8-9,11H2,1-3H3/i1D3,2D3. The number of para-hydroxylation sites is 1. The van der Waals surface area contributed by atoms with Crippen molar-refractivity contribution in [1.29, 1.82) is 0 Å². The lowest BCUT2D eigenvalue weighted by Crippen LogP contribution is -2.43. The highest BCUT2D eigenvalue weighted by Crippen LogP contribution is 2.37. The molecule has 1 aromatic carbocycles. The van der Waals surface area contributed by atoms with Crippen molar-refractivity contribution in [3.63, 3.8) is 0 Å². The molecule has 0 spiro atoms. The minimum absolute atomic E-state index is 0.0836. The molecule has 1 unspecified atom stereocenters. The van der Waals surface area contributed by atoms with Crippen molar-refractivity contribution >= 4 is 18.7 Å². The van der Waals surface area contributed by atoms with Crippen LogP contribution in [0.3, 0.4) is 0 Å². The summed E-state index contributed by atoms with van der Waals surface area (Å²) in [6.45, 7) is -7.58. The summed E-state index contributed by atoms with van der Waals surface area (Å²) in [5.41, 5.74) is 1.55. The SMILES string of the molecule is [2H]C([2H])([2H])[N+](CCc1c[nH]c2ccccc12)(COP(=O)([O-])OC)C([2H])([2H])[2H]. The molecule has 1 atom stereocenters. The molecule has 0 fully saturated rings. The smallest absolute Gasteiger partial charge is 0.272 e. The molecule has 1 heterocycles. The summed E-state index contributed by atoms with van der Waals surface area (Å²) in [5.74, 6) is 0. The first-order chi connectivity index (χ1) is 12.3. The van der Waals surface area contributed by atoms with E-state index < -0.39 is 39.5 Å². The number of hydrogen-bond acceptors (Lipinski definition) is 4. The Morgan fingerprint density at radius 3 is 2.90 bits per heavy atom. The Kier molecular flexibility index (Phi) is 2.93. The molecule has 1 N–H and O–H groups in total. The molecule has 0 bridgehead atoms. The molecule has 1 aromatic heterocycles. The van der Waals surface area contributed by atoms with Gasteiger partial charge in [0, 0.05) is 30.6 Å². The Morgan fingerprint density at radius 2 is 2.19 bits per heavy atom. The van der Waals surface area contributed by atoms with Gasteiger partial charge >= 0.3 is 0 Å². The second-order valence-electron chi connectivity index (χ2n) is 4.69. The number of phosphoric acid groups is 1. The molecule has 0 aliphatic carbocycles. The monoisotopic (exact) mass is 318 g/mol. The van der Waals surface area contributed by atoms with E-state index in [4.69, 9.17) is 8.22 Å². The Morgan fingerprint density at radius 1 is 1.43 bits per heavy atom. The maximum atomic E-state index is 11.5. The first-order valence-corrected chi connectivity index (χ1v) is 7.73. The van der Waals surface area contributed by atoms with Crippen molar-refractivity contribution in [1.82, 2.24) is 4.98 Å². The summed E-state index contributed by atoms with van der Waals surface area (Å²) < 4.78 is 65.4. The van der Waals surface area contributed by atoms with Crippen LogP contribution in [0.1, 0.15) is 13.8 Å². The lowest BCUT2D eigenvalue weighted by atomic mass is 10.1. The van der Waals surface area contributed by atoms with E-state index in [1.165, 1.54) is 0 Å². The third kappa shape index (κ3) is 4.40. The number of likely N-dealkylation sites (N-methyl/N-ethyl adjacent to an activating group) is 1. The van der Waals surface area contributed by atoms with Gasteiger partial charge in [-0.25, -0.2) is 0 Å². The molecular formula is C14H21N2O4P. The summed E-state index contributed by atoms with van der Waals surface area (Å²) in [4.78, 5) is 14.5. The normalized spacial score (nSPS) is 20.7. The van der Waals surface area contributed by atoms with Gasteiger partial charge in [0.25, 0.3) is 7.82 Å². The maximum Gasteiger partial charge on any atom is 0.272 e. The summed E-state index contributed by atoms with van der Waals surface area (Å²) in [6, 6.07) is 7.31. The zero-order valence-electron chi connectivity index (χ0n) is 17.5. The highest BCUT2D eigenvalue weighted by Gasteiger charge is 2.19. The molecule has 7 heteroatoms. The highest BCUT2D eigenvalue weighted by molar-refractivity contribution is 7.45. The molecule has 0 saturated carbocycles. The maximum absolute atomic E-state index is 11.5. The number of nitrogens with one attached hydrogen (secondary N) is 1. The van der Waals surface area contributed by atoms with Crippen LogP contribution in [0.2, 0.25) is 0 Å². The van der Waals surface area contributed by atoms with Crippen LogP contribution in [0.5, 0.6) is 0 Å². The number of fused-ring (bicyclic) bond motifs is 1. The molecule has 6 nitrogen and oxygen atoms in total. The van der Waals surface area contributed by atoms with Crippen molar-refractivity contribution in [2.45, 2.75) is 6.42 Å². The second-order valence-corrected chi connectivity index (χ2v) is 6.21. The van der Waals surface area contributed by atoms with E-state index in [1.54, 1.807) is 6.20 Å². The Balaban J connectivity index is 2.37. The van der Waals surface area contributed by atoms with E-state index in [1.807, 2.05) is 24.3 Å². The number of H-pyrrole nitrogens is 1. The fourth-order valence-electron chi connectivity index (χ4n) is 1.94. The van der Waals surface area contributed by atoms with E-state index in [9.17, 15) is 9.46 Å². The Hall–Kier alpha value is -1.17. The van der Waals surface area contributed by atoms with Gasteiger partial charge in [-0.05, 0) is 11.6 Å². The van der Waals surface area contributed by atoms with Gasteiger partial charge in [0.05, 0.1) is 28.7 Å². The molecule has 0 aliphatic heterocycles. The van der Waals surface area contributed by atoms with Crippen molar-refractivity contribution in [2.24, 2.45) is 0 Å². The molecule has 0 aliphatic rings. The van der Waals surface area contributed by atoms with Crippen molar-refractivity contribution in [3.05, 3.63) is 36.0 Å². The molecule has 2 rings (SSSR count). The Bertz CT molecular complexity index is 821. The third-order valence-electron chi connectivity index (χ3n) is 3.10. The van der Waals surface area contributed by atoms with Crippen molar-refractivity contribution < 1.29 is 31.2 Å². The Labute approximate surface area is 132 Å². The van der Waals surface area contributed by atoms with Crippen LogP contribution >= 0.6 is 7.82 Å². The van der Waals surface area contributed by atoms with E-state index in [0.717, 1.165) is 23.6 Å². The lowest BCUT2D eigenvalue weighted by Gasteiger charge is -2.32. The number of rotatable bonds is 7. The summed E-state index contributed by atoms with van der Waals surface area (Å²) >= 11 is 0. The van der Waals surface area contributed by atoms with E-state index in [-0.39, 0.29) is 6.42 Å². The summed E-state index contributed by atoms with van der Waals surface area (Å²) in [7, 11) is -3.96. The van der Waals surface area contributed by atoms with Gasteiger partial charge in [-0.2, -0.15) is 0 Å². The number of aromatic amines is 1. The van der Waals surface area contributed by atoms with E-state index >= 15 is 0 Å². The number of nitrogens with zero attached hydrogens (tertiary/aromatic N) is 1. The average Bonchev–Trinajstić information content (AvgIpc) is 2.96. The first kappa shape index (κ1) is 9.77. The largest absolute Gasteiger partial charge is 0.756 e. The molecule has 0 radical (unpaired) electrons. The summed E-state index contributed by atoms with van der Waals surface area (Å²) in [6.07, 6.45) is 1.76. The van der Waals surface area contributed by atoms with Crippen LogP contribution in [-0.2, 0) is 20.0 Å².